The van der Waals surface area contributed by atoms with Crippen molar-refractivity contribution in [3.8, 4) is 65.9 Å². The van der Waals surface area contributed by atoms with Crippen LogP contribution in [0.15, 0.2) is 74.2 Å². The highest BCUT2D eigenvalue weighted by molar-refractivity contribution is 7.31. The summed E-state index contributed by atoms with van der Waals surface area (Å²) in [6.07, 6.45) is 26.4. The lowest BCUT2D eigenvalue weighted by Crippen LogP contribution is -2.61. The van der Waals surface area contributed by atoms with Crippen LogP contribution >= 0.6 is 68.0 Å². The largest absolute Gasteiger partial charge is 0.359 e. The second-order valence-electron chi connectivity index (χ2n) is 24.4. The second kappa shape index (κ2) is 24.8. The van der Waals surface area contributed by atoms with E-state index in [1.54, 1.807) is 100 Å². The minimum absolute atomic E-state index is 0.0910. The van der Waals surface area contributed by atoms with Crippen LogP contribution in [0, 0.1) is 0 Å². The molecule has 7 N–H and O–H groups in total. The summed E-state index contributed by atoms with van der Waals surface area (Å²) in [7, 11) is 6.45. The Kier molecular flexibility index (Phi) is 16.5. The molecule has 0 radical (unpaired) electrons. The predicted molar refractivity (Wildman–Crippen MR) is 364 cm³/mol. The Morgan fingerprint density at radius 1 is 0.489 bits per heavy atom. The molecule has 3 saturated heterocycles. The van der Waals surface area contributed by atoms with Gasteiger partial charge in [-0.15, -0.1) is 10.2 Å². The van der Waals surface area contributed by atoms with Crippen molar-refractivity contribution in [3.05, 3.63) is 74.2 Å². The topological polar surface area (TPSA) is 302 Å². The number of aromatic amines is 4. The Labute approximate surface area is 541 Å². The number of hydrogen-bond acceptors (Lipinski definition) is 27. The first-order valence-corrected chi connectivity index (χ1v) is 34.7. The molecule has 3 fully saturated rings. The molecule has 3 aliphatic heterocycles. The summed E-state index contributed by atoms with van der Waals surface area (Å²) in [6.45, 7) is 15.7. The second-order valence-corrected chi connectivity index (χ2v) is 30.2. The minimum atomic E-state index is 0.0910. The standard InChI is InChI=1S/C21H22N8S2.C20H25N9S2.C18H20N8S2/c1-11-7-13(3-5-22-11)29(2)21-28-20-19(31-21)27-18(30-20)17-16-14(4-6-23-16)15(10-24-17)12-8-25-26-9-12;1-19(2)6-12(7-20(3,4)28-19)29(5)18-25-17-16(31-18)24-15(30-17)14-21-10-13(26-27-14)11-8-22-23-9-11;1-10-5-12(3-4-19-10)26(2)18-25-17-16(28-18)24-15(27-17)14-9-20-13(8-21-14)11-6-22-23-7-11/h4,6,8-11,13,22-23H,3,5,7H2,1-2H3,(H,25,26);8-10,12,28H,6-7H2,1-5H3,(H,22,23);6-10,12,19H,3-5H2,1-2H3,(H,22,23)/t11-,13-;;10-,12-/m0.0/s1. The molecule has 0 aliphatic carbocycles. The smallest absolute Gasteiger partial charge is 0.210 e. The molecule has 25 nitrogen and oxygen atoms in total. The summed E-state index contributed by atoms with van der Waals surface area (Å²) >= 11 is 9.62. The van der Waals surface area contributed by atoms with Crippen LogP contribution in [0.2, 0.25) is 0 Å². The van der Waals surface area contributed by atoms with Gasteiger partial charge in [0.25, 0.3) is 0 Å². The molecule has 464 valence electrons. The lowest BCUT2D eigenvalue weighted by Gasteiger charge is -2.48. The lowest BCUT2D eigenvalue weighted by atomic mass is 9.79. The molecule has 4 atom stereocenters. The van der Waals surface area contributed by atoms with E-state index in [0.29, 0.717) is 41.7 Å². The molecule has 0 spiro atoms. The third kappa shape index (κ3) is 12.6. The quantitative estimate of drug-likeness (QED) is 0.0598. The summed E-state index contributed by atoms with van der Waals surface area (Å²) in [5, 5.41) is 46.3. The first-order valence-electron chi connectivity index (χ1n) is 29.8. The van der Waals surface area contributed by atoms with Crippen molar-refractivity contribution in [3.63, 3.8) is 0 Å². The number of fused-ring (bicyclic) bond motifs is 4. The van der Waals surface area contributed by atoms with Crippen LogP contribution < -0.4 is 30.7 Å². The maximum absolute atomic E-state index is 4.91. The molecule has 0 aromatic carbocycles. The van der Waals surface area contributed by atoms with Crippen LogP contribution in [0.3, 0.4) is 0 Å². The van der Waals surface area contributed by atoms with Crippen LogP contribution in [0.4, 0.5) is 15.4 Å². The first kappa shape index (κ1) is 59.8. The van der Waals surface area contributed by atoms with Gasteiger partial charge in [0, 0.05) is 121 Å². The van der Waals surface area contributed by atoms with Gasteiger partial charge in [-0.1, -0.05) is 68.0 Å². The van der Waals surface area contributed by atoms with E-state index < -0.39 is 0 Å². The van der Waals surface area contributed by atoms with E-state index in [4.69, 9.17) is 34.9 Å². The van der Waals surface area contributed by atoms with Gasteiger partial charge < -0.3 is 35.6 Å². The van der Waals surface area contributed by atoms with Gasteiger partial charge in [0.15, 0.2) is 49.4 Å². The highest BCUT2D eigenvalue weighted by Crippen LogP contribution is 2.42. The number of piperidine rings is 3. The van der Waals surface area contributed by atoms with E-state index in [9.17, 15) is 0 Å². The van der Waals surface area contributed by atoms with Gasteiger partial charge in [0.05, 0.1) is 48.4 Å². The van der Waals surface area contributed by atoms with Gasteiger partial charge >= 0.3 is 0 Å². The third-order valence-corrected chi connectivity index (χ3v) is 23.0. The number of nitrogens with zero attached hydrogens (tertiary/aromatic N) is 18. The van der Waals surface area contributed by atoms with E-state index >= 15 is 0 Å². The van der Waals surface area contributed by atoms with E-state index in [-0.39, 0.29) is 11.1 Å². The van der Waals surface area contributed by atoms with Gasteiger partial charge in [0.1, 0.15) is 27.1 Å². The molecule has 0 amide bonds. The van der Waals surface area contributed by atoms with Crippen molar-refractivity contribution in [2.45, 2.75) is 121 Å². The van der Waals surface area contributed by atoms with Crippen molar-refractivity contribution < 1.29 is 0 Å². The highest BCUT2D eigenvalue weighted by Gasteiger charge is 2.40. The summed E-state index contributed by atoms with van der Waals surface area (Å²) in [6, 6.07) is 4.64. The molecule has 16 heterocycles. The number of hydrogen-bond donors (Lipinski definition) is 7. The van der Waals surface area contributed by atoms with Crippen LogP contribution in [0.25, 0.3) is 106 Å². The molecule has 16 rings (SSSR count). The van der Waals surface area contributed by atoms with E-state index in [1.807, 2.05) is 24.8 Å². The predicted octanol–water partition coefficient (Wildman–Crippen LogP) is 11.2. The Bertz CT molecular complexity index is 4410. The molecule has 3 aliphatic rings. The zero-order chi connectivity index (χ0) is 61.8. The summed E-state index contributed by atoms with van der Waals surface area (Å²) < 4.78 is 0. The van der Waals surface area contributed by atoms with Crippen molar-refractivity contribution in [1.82, 2.24) is 112 Å². The van der Waals surface area contributed by atoms with Gasteiger partial charge in [-0.25, -0.2) is 39.9 Å². The van der Waals surface area contributed by atoms with Gasteiger partial charge in [-0.05, 0) is 99.2 Å². The highest BCUT2D eigenvalue weighted by atomic mass is 32.1. The Balaban J connectivity index is 0.000000118. The fourth-order valence-electron chi connectivity index (χ4n) is 12.3. The molecule has 13 aromatic rings. The van der Waals surface area contributed by atoms with Crippen molar-refractivity contribution in [2.75, 3.05) is 48.9 Å². The van der Waals surface area contributed by atoms with Crippen molar-refractivity contribution in [1.29, 1.82) is 0 Å². The van der Waals surface area contributed by atoms with Crippen LogP contribution in [0.1, 0.15) is 80.1 Å². The first-order chi connectivity index (χ1) is 43.5. The Hall–Kier alpha value is -7.75. The molecule has 31 heteroatoms. The summed E-state index contributed by atoms with van der Waals surface area (Å²) in [5.74, 6) is 0.513. The normalized spacial score (nSPS) is 19.3. The summed E-state index contributed by atoms with van der Waals surface area (Å²) in [5.41, 5.74) is 8.10. The molecule has 0 saturated carbocycles. The van der Waals surface area contributed by atoms with Gasteiger partial charge in [-0.3, -0.25) is 25.3 Å². The lowest BCUT2D eigenvalue weighted by molar-refractivity contribution is 0.161. The van der Waals surface area contributed by atoms with Crippen LogP contribution in [-0.2, 0) is 0 Å². The number of rotatable bonds is 12. The number of nitrogens with one attached hydrogen (secondary N) is 7. The van der Waals surface area contributed by atoms with Gasteiger partial charge in [-0.2, -0.15) is 15.3 Å². The average molecular weight is 1320 g/mol. The Morgan fingerprint density at radius 3 is 1.50 bits per heavy atom. The maximum atomic E-state index is 4.91. The zero-order valence-corrected chi connectivity index (χ0v) is 55.9. The summed E-state index contributed by atoms with van der Waals surface area (Å²) in [4.78, 5) is 63.2. The van der Waals surface area contributed by atoms with Crippen molar-refractivity contribution in [2.24, 2.45) is 0 Å². The minimum Gasteiger partial charge on any atom is -0.359 e. The number of aromatic nitrogens is 19. The molecule has 0 bridgehead atoms. The number of anilines is 3. The SMILES string of the molecule is CN(c1nc2sc(-c3ncc(-c4cn[nH]c4)nn3)nc2s1)C1CC(C)(C)NC(C)(C)C1.C[C@H]1C[C@@H](N(C)c2nc3sc(-c4cnc(-c5cn[nH]c5)cn4)nc3s2)CCN1.C[C@H]1C[C@@H](N(C)c2nc3sc(-c4ncc(-c5cn[nH]c5)c5cc[nH]c45)nc3s2)CCN1. The van der Waals surface area contributed by atoms with E-state index in [2.05, 4.69) is 160 Å². The van der Waals surface area contributed by atoms with Crippen LogP contribution in [0.5, 0.6) is 0 Å². The fourth-order valence-corrected chi connectivity index (χ4v) is 18.4. The van der Waals surface area contributed by atoms with Gasteiger partial charge in [0.2, 0.25) is 5.82 Å². The van der Waals surface area contributed by atoms with Crippen LogP contribution in [-0.4, -0.2) is 171 Å². The van der Waals surface area contributed by atoms with E-state index in [1.165, 1.54) is 11.3 Å². The average Bonchev–Trinajstić information content (AvgIpc) is 2.36. The fraction of sp³-hybridized carbons (Fsp3) is 0.407. The Morgan fingerprint density at radius 2 is 0.978 bits per heavy atom. The number of pyridine rings is 1. The number of H-pyrrole nitrogens is 4. The maximum Gasteiger partial charge on any atom is 0.210 e. The monoisotopic (exact) mass is 1320 g/mol. The molecular weight excluding hydrogens is 1250 g/mol. The molecule has 90 heavy (non-hydrogen) atoms. The van der Waals surface area contributed by atoms with E-state index in [0.717, 1.165) is 161 Å². The van der Waals surface area contributed by atoms with Crippen molar-refractivity contribution >= 4 is 123 Å². The molecule has 13 aromatic heterocycles. The number of thiazole rings is 6. The molecular formula is C59H67N25S6. The molecule has 0 unspecified atom stereocenters. The third-order valence-electron chi connectivity index (χ3n) is 16.6. The zero-order valence-electron chi connectivity index (χ0n) is 51.0.